The Kier molecular flexibility index (Phi) is 9.06. The van der Waals surface area contributed by atoms with Crippen molar-refractivity contribution in [1.82, 2.24) is 5.32 Å². The second-order valence-electron chi connectivity index (χ2n) is 9.88. The first-order valence-electron chi connectivity index (χ1n) is 13.8. The standard InChI is InChI=1S/C34H33FN2O4/c35-20-21-36-33(39)34(24-25-8-3-1-4-9-25)31(28-14-12-27(13-15-28)26-10-5-2-6-11-26)41-32(37-34)29-16-18-30(19-17-29)40-23-7-22-38/h1-6,8-19,31,38H,7,20-24H2,(H,36,39)/t31-,34-/m1/s1. The lowest BCUT2D eigenvalue weighted by atomic mass is 9.81. The molecule has 0 bridgehead atoms. The van der Waals surface area contributed by atoms with Crippen LogP contribution in [0.5, 0.6) is 5.75 Å². The molecule has 2 atom stereocenters. The minimum Gasteiger partial charge on any atom is -0.494 e. The van der Waals surface area contributed by atoms with E-state index in [1.54, 1.807) is 0 Å². The van der Waals surface area contributed by atoms with Crippen LogP contribution in [-0.2, 0) is 16.0 Å². The van der Waals surface area contributed by atoms with E-state index in [0.29, 0.717) is 30.2 Å². The zero-order chi connectivity index (χ0) is 28.5. The van der Waals surface area contributed by atoms with Gasteiger partial charge in [-0.2, -0.15) is 0 Å². The summed E-state index contributed by atoms with van der Waals surface area (Å²) in [5.74, 6) is 0.593. The number of ether oxygens (including phenoxy) is 2. The molecule has 0 saturated heterocycles. The highest BCUT2D eigenvalue weighted by molar-refractivity contribution is 6.01. The number of halogens is 1. The summed E-state index contributed by atoms with van der Waals surface area (Å²) in [6.45, 7) is -0.327. The van der Waals surface area contributed by atoms with Crippen molar-refractivity contribution in [2.75, 3.05) is 26.4 Å². The number of nitrogens with one attached hydrogen (secondary N) is 1. The van der Waals surface area contributed by atoms with Gasteiger partial charge >= 0.3 is 0 Å². The molecule has 0 aliphatic carbocycles. The van der Waals surface area contributed by atoms with Gasteiger partial charge in [0, 0.05) is 31.6 Å². The third-order valence-corrected chi connectivity index (χ3v) is 7.05. The number of benzene rings is 4. The van der Waals surface area contributed by atoms with Crippen molar-refractivity contribution in [3.8, 4) is 16.9 Å². The number of amides is 1. The van der Waals surface area contributed by atoms with Gasteiger partial charge in [0.25, 0.3) is 5.91 Å². The molecule has 1 aliphatic heterocycles. The number of carbonyl (C=O) groups excluding carboxylic acids is 1. The van der Waals surface area contributed by atoms with Crippen molar-refractivity contribution in [1.29, 1.82) is 0 Å². The number of aliphatic hydroxyl groups excluding tert-OH is 1. The van der Waals surface area contributed by atoms with Crippen molar-refractivity contribution < 1.29 is 23.8 Å². The maximum atomic E-state index is 13.9. The van der Waals surface area contributed by atoms with Crippen molar-refractivity contribution in [2.45, 2.75) is 24.5 Å². The Morgan fingerprint density at radius 1 is 0.878 bits per heavy atom. The van der Waals surface area contributed by atoms with Gasteiger partial charge < -0.3 is 19.9 Å². The normalized spacial score (nSPS) is 17.9. The molecule has 0 unspecified atom stereocenters. The molecule has 0 aromatic heterocycles. The molecule has 6 nitrogen and oxygen atoms in total. The Bertz CT molecular complexity index is 1440. The second-order valence-corrected chi connectivity index (χ2v) is 9.88. The molecule has 0 saturated carbocycles. The molecule has 0 fully saturated rings. The lowest BCUT2D eigenvalue weighted by molar-refractivity contribution is -0.129. The van der Waals surface area contributed by atoms with Crippen LogP contribution >= 0.6 is 0 Å². The summed E-state index contributed by atoms with van der Waals surface area (Å²) < 4.78 is 25.4. The van der Waals surface area contributed by atoms with E-state index in [-0.39, 0.29) is 19.6 Å². The first-order chi connectivity index (χ1) is 20.1. The summed E-state index contributed by atoms with van der Waals surface area (Å²) in [5.41, 5.74) is 3.16. The first kappa shape index (κ1) is 28.1. The SMILES string of the molecule is O=C(NCCF)[C@]1(Cc2ccccc2)N=C(c2ccc(OCCCO)cc2)O[C@@H]1c1ccc(-c2ccccc2)cc1. The molecule has 210 valence electrons. The van der Waals surface area contributed by atoms with Crippen molar-refractivity contribution in [3.63, 3.8) is 0 Å². The highest BCUT2D eigenvalue weighted by atomic mass is 19.1. The molecule has 1 aliphatic rings. The average molecular weight is 553 g/mol. The monoisotopic (exact) mass is 552 g/mol. The molecule has 4 aromatic rings. The fourth-order valence-electron chi connectivity index (χ4n) is 4.98. The van der Waals surface area contributed by atoms with Crippen LogP contribution < -0.4 is 10.1 Å². The number of aliphatic hydroxyl groups is 1. The number of nitrogens with zero attached hydrogens (tertiary/aromatic N) is 1. The van der Waals surface area contributed by atoms with E-state index in [9.17, 15) is 9.18 Å². The number of hydrogen-bond donors (Lipinski definition) is 2. The van der Waals surface area contributed by atoms with Gasteiger partial charge in [0.05, 0.1) is 6.61 Å². The van der Waals surface area contributed by atoms with Crippen LogP contribution in [0, 0.1) is 0 Å². The van der Waals surface area contributed by atoms with Crippen LogP contribution in [0.25, 0.3) is 11.1 Å². The van der Waals surface area contributed by atoms with E-state index in [2.05, 4.69) is 5.32 Å². The highest BCUT2D eigenvalue weighted by Crippen LogP contribution is 2.43. The van der Waals surface area contributed by atoms with Crippen LogP contribution in [0.1, 0.15) is 29.2 Å². The van der Waals surface area contributed by atoms with Gasteiger partial charge in [0.1, 0.15) is 12.4 Å². The number of rotatable bonds is 12. The van der Waals surface area contributed by atoms with E-state index in [1.807, 2.05) is 109 Å². The summed E-state index contributed by atoms with van der Waals surface area (Å²) in [7, 11) is 0. The molecule has 7 heteroatoms. The Morgan fingerprint density at radius 3 is 2.17 bits per heavy atom. The second kappa shape index (κ2) is 13.2. The number of carbonyl (C=O) groups is 1. The van der Waals surface area contributed by atoms with Crippen molar-refractivity contribution in [3.05, 3.63) is 126 Å². The molecule has 1 amide bonds. The van der Waals surface area contributed by atoms with Crippen LogP contribution in [0.4, 0.5) is 4.39 Å². The predicted molar refractivity (Wildman–Crippen MR) is 158 cm³/mol. The van der Waals surface area contributed by atoms with Gasteiger partial charge in [0.2, 0.25) is 5.90 Å². The van der Waals surface area contributed by atoms with E-state index in [0.717, 1.165) is 22.3 Å². The zero-order valence-corrected chi connectivity index (χ0v) is 22.7. The van der Waals surface area contributed by atoms with Crippen LogP contribution in [-0.4, -0.2) is 48.9 Å². The molecule has 41 heavy (non-hydrogen) atoms. The van der Waals surface area contributed by atoms with Gasteiger partial charge in [0.15, 0.2) is 11.6 Å². The highest BCUT2D eigenvalue weighted by Gasteiger charge is 2.53. The maximum absolute atomic E-state index is 13.9. The molecule has 0 spiro atoms. The zero-order valence-electron chi connectivity index (χ0n) is 22.7. The van der Waals surface area contributed by atoms with Crippen LogP contribution in [0.2, 0.25) is 0 Å². The first-order valence-corrected chi connectivity index (χ1v) is 13.8. The fraction of sp³-hybridized carbons (Fsp3) is 0.235. The average Bonchev–Trinajstić information content (AvgIpc) is 3.41. The number of alkyl halides is 1. The summed E-state index contributed by atoms with van der Waals surface area (Å²) in [6, 6.07) is 34.9. The Hall–Kier alpha value is -4.49. The summed E-state index contributed by atoms with van der Waals surface area (Å²) >= 11 is 0. The van der Waals surface area contributed by atoms with Gasteiger partial charge in [-0.15, -0.1) is 0 Å². The van der Waals surface area contributed by atoms with Gasteiger partial charge in [-0.3, -0.25) is 4.79 Å². The topological polar surface area (TPSA) is 80.2 Å². The van der Waals surface area contributed by atoms with E-state index in [4.69, 9.17) is 19.6 Å². The molecule has 0 radical (unpaired) electrons. The van der Waals surface area contributed by atoms with E-state index in [1.165, 1.54) is 0 Å². The summed E-state index contributed by atoms with van der Waals surface area (Å²) in [5, 5.41) is 11.8. The molecule has 2 N–H and O–H groups in total. The summed E-state index contributed by atoms with van der Waals surface area (Å²) in [6.07, 6.45) is 0.0592. The van der Waals surface area contributed by atoms with Gasteiger partial charge in [-0.05, 0) is 46.5 Å². The Balaban J connectivity index is 1.54. The lowest BCUT2D eigenvalue weighted by Gasteiger charge is -2.30. The molecule has 4 aromatic carbocycles. The molecule has 5 rings (SSSR count). The van der Waals surface area contributed by atoms with Crippen LogP contribution in [0.15, 0.2) is 114 Å². The molecule has 1 heterocycles. The van der Waals surface area contributed by atoms with E-state index >= 15 is 0 Å². The maximum Gasteiger partial charge on any atom is 0.252 e. The Morgan fingerprint density at radius 2 is 1.51 bits per heavy atom. The van der Waals surface area contributed by atoms with Crippen molar-refractivity contribution >= 4 is 11.8 Å². The van der Waals surface area contributed by atoms with E-state index < -0.39 is 24.2 Å². The third-order valence-electron chi connectivity index (χ3n) is 7.05. The number of hydrogen-bond acceptors (Lipinski definition) is 5. The van der Waals surface area contributed by atoms with Gasteiger partial charge in [-0.1, -0.05) is 84.9 Å². The van der Waals surface area contributed by atoms with Crippen LogP contribution in [0.3, 0.4) is 0 Å². The third kappa shape index (κ3) is 6.47. The molecular formula is C34H33FN2O4. The minimum absolute atomic E-state index is 0.0599. The minimum atomic E-state index is -1.36. The molecular weight excluding hydrogens is 519 g/mol. The fourth-order valence-corrected chi connectivity index (χ4v) is 4.98. The van der Waals surface area contributed by atoms with Crippen molar-refractivity contribution in [2.24, 2.45) is 4.99 Å². The number of aliphatic imine (C=N–C) groups is 1. The lowest BCUT2D eigenvalue weighted by Crippen LogP contribution is -2.50. The smallest absolute Gasteiger partial charge is 0.252 e. The largest absolute Gasteiger partial charge is 0.494 e. The van der Waals surface area contributed by atoms with Gasteiger partial charge in [-0.25, -0.2) is 9.38 Å². The quantitative estimate of drug-likeness (QED) is 0.221. The summed E-state index contributed by atoms with van der Waals surface area (Å²) in [4.78, 5) is 18.8. The predicted octanol–water partition coefficient (Wildman–Crippen LogP) is 5.70. The Labute approximate surface area is 239 Å².